The van der Waals surface area contributed by atoms with Gasteiger partial charge in [0.15, 0.2) is 0 Å². The van der Waals surface area contributed by atoms with Gasteiger partial charge in [0.25, 0.3) is 0 Å². The van der Waals surface area contributed by atoms with Gasteiger partial charge in [0.2, 0.25) is 0 Å². The fourth-order valence-corrected chi connectivity index (χ4v) is 2.50. The second kappa shape index (κ2) is 5.55. The minimum absolute atomic E-state index is 0.312. The molecule has 0 radical (unpaired) electrons. The van der Waals surface area contributed by atoms with Gasteiger partial charge in [0, 0.05) is 5.02 Å². The predicted molar refractivity (Wildman–Crippen MR) is 85.8 cm³/mol. The number of rotatable bonds is 3. The molecule has 0 aliphatic carbocycles. The molecule has 2 nitrogen and oxygen atoms in total. The van der Waals surface area contributed by atoms with Crippen LogP contribution in [-0.4, -0.2) is 18.3 Å². The fourth-order valence-electron chi connectivity index (χ4n) is 2.24. The summed E-state index contributed by atoms with van der Waals surface area (Å²) >= 11 is 6.27. The fraction of sp³-hybridized carbons (Fsp3) is 0.500. The van der Waals surface area contributed by atoms with Gasteiger partial charge in [-0.1, -0.05) is 42.7 Å². The third kappa shape index (κ3) is 2.95. The monoisotopic (exact) mass is 292 g/mol. The second-order valence-corrected chi connectivity index (χ2v) is 6.56. The van der Waals surface area contributed by atoms with Crippen LogP contribution in [0.2, 0.25) is 5.02 Å². The molecule has 0 amide bonds. The highest BCUT2D eigenvalue weighted by Gasteiger charge is 2.50. The van der Waals surface area contributed by atoms with Crippen LogP contribution < -0.4 is 0 Å². The van der Waals surface area contributed by atoms with Crippen molar-refractivity contribution >= 4 is 24.3 Å². The maximum Gasteiger partial charge on any atom is 0.487 e. The molecule has 0 N–H and O–H groups in total. The molecule has 1 aliphatic rings. The highest BCUT2D eigenvalue weighted by atomic mass is 35.5. The number of hydrogen-bond acceptors (Lipinski definition) is 2. The number of hydrogen-bond donors (Lipinski definition) is 0. The first-order chi connectivity index (χ1) is 9.27. The van der Waals surface area contributed by atoms with E-state index in [1.165, 1.54) is 0 Å². The molecule has 0 spiro atoms. The Labute approximate surface area is 127 Å². The van der Waals surface area contributed by atoms with Crippen LogP contribution in [0.25, 0.3) is 5.57 Å². The van der Waals surface area contributed by atoms with Crippen molar-refractivity contribution in [3.63, 3.8) is 0 Å². The lowest BCUT2D eigenvalue weighted by Gasteiger charge is -2.32. The van der Waals surface area contributed by atoms with Crippen molar-refractivity contribution in [3.8, 4) is 0 Å². The van der Waals surface area contributed by atoms with Crippen LogP contribution >= 0.6 is 11.6 Å². The lowest BCUT2D eigenvalue weighted by Crippen LogP contribution is -2.41. The molecule has 108 valence electrons. The summed E-state index contributed by atoms with van der Waals surface area (Å²) in [6, 6.07) is 7.87. The largest absolute Gasteiger partial charge is 0.487 e. The standard InChI is InChI=1S/C16H22BClO2/c1-6-12(13-9-7-8-10-14(13)18)11-17-19-15(2,3)16(4,5)20-17/h7-11H,6H2,1-5H3/b12-11+. The molecule has 1 heterocycles. The van der Waals surface area contributed by atoms with Crippen molar-refractivity contribution in [1.82, 2.24) is 0 Å². The Morgan fingerprint density at radius 2 is 1.70 bits per heavy atom. The molecule has 0 atom stereocenters. The van der Waals surface area contributed by atoms with E-state index in [9.17, 15) is 0 Å². The number of allylic oxidation sites excluding steroid dienone is 1. The average molecular weight is 293 g/mol. The second-order valence-electron chi connectivity index (χ2n) is 6.15. The summed E-state index contributed by atoms with van der Waals surface area (Å²) in [6.07, 6.45) is 0.883. The Hall–Kier alpha value is -0.765. The van der Waals surface area contributed by atoms with Crippen molar-refractivity contribution in [2.45, 2.75) is 52.2 Å². The van der Waals surface area contributed by atoms with Crippen LogP contribution in [-0.2, 0) is 9.31 Å². The first-order valence-electron chi connectivity index (χ1n) is 7.08. The molecule has 1 aromatic rings. The normalized spacial score (nSPS) is 21.3. The van der Waals surface area contributed by atoms with E-state index in [1.54, 1.807) is 0 Å². The van der Waals surface area contributed by atoms with Crippen LogP contribution in [0.5, 0.6) is 0 Å². The topological polar surface area (TPSA) is 18.5 Å². The highest BCUT2D eigenvalue weighted by molar-refractivity contribution is 6.53. The lowest BCUT2D eigenvalue weighted by atomic mass is 9.84. The van der Waals surface area contributed by atoms with E-state index in [-0.39, 0.29) is 18.3 Å². The maximum absolute atomic E-state index is 6.27. The van der Waals surface area contributed by atoms with E-state index in [0.29, 0.717) is 0 Å². The summed E-state index contributed by atoms with van der Waals surface area (Å²) in [6.45, 7) is 10.3. The summed E-state index contributed by atoms with van der Waals surface area (Å²) in [5, 5.41) is 0.761. The summed E-state index contributed by atoms with van der Waals surface area (Å²) in [7, 11) is -0.328. The molecule has 0 bridgehead atoms. The lowest BCUT2D eigenvalue weighted by molar-refractivity contribution is 0.00578. The first-order valence-corrected chi connectivity index (χ1v) is 7.46. The van der Waals surface area contributed by atoms with Crippen molar-refractivity contribution in [2.24, 2.45) is 0 Å². The molecule has 1 aromatic carbocycles. The third-order valence-corrected chi connectivity index (χ3v) is 4.54. The van der Waals surface area contributed by atoms with Crippen molar-refractivity contribution in [1.29, 1.82) is 0 Å². The molecule has 0 aromatic heterocycles. The third-order valence-electron chi connectivity index (χ3n) is 4.21. The van der Waals surface area contributed by atoms with Gasteiger partial charge in [-0.2, -0.15) is 0 Å². The van der Waals surface area contributed by atoms with E-state index >= 15 is 0 Å². The van der Waals surface area contributed by atoms with Gasteiger partial charge in [-0.25, -0.2) is 0 Å². The van der Waals surface area contributed by atoms with Crippen LogP contribution in [0.3, 0.4) is 0 Å². The quantitative estimate of drug-likeness (QED) is 0.747. The van der Waals surface area contributed by atoms with Gasteiger partial charge in [0.1, 0.15) is 0 Å². The molecule has 1 saturated heterocycles. The van der Waals surface area contributed by atoms with E-state index in [4.69, 9.17) is 20.9 Å². The van der Waals surface area contributed by atoms with Crippen molar-refractivity contribution < 1.29 is 9.31 Å². The van der Waals surface area contributed by atoms with Gasteiger partial charge in [0.05, 0.1) is 11.2 Å². The van der Waals surface area contributed by atoms with Crippen LogP contribution in [0, 0.1) is 0 Å². The van der Waals surface area contributed by atoms with Crippen LogP contribution in [0.15, 0.2) is 30.2 Å². The van der Waals surface area contributed by atoms with Crippen molar-refractivity contribution in [3.05, 3.63) is 40.8 Å². The molecule has 1 aliphatic heterocycles. The van der Waals surface area contributed by atoms with Gasteiger partial charge in [-0.15, -0.1) is 0 Å². The first kappa shape index (κ1) is 15.6. The zero-order valence-corrected chi connectivity index (χ0v) is 13.6. The Kier molecular flexibility index (Phi) is 4.34. The number of benzene rings is 1. The molecular weight excluding hydrogens is 270 g/mol. The molecular formula is C16H22BClO2. The molecule has 2 rings (SSSR count). The molecule has 0 unspecified atom stereocenters. The minimum atomic E-state index is -0.328. The van der Waals surface area contributed by atoms with Gasteiger partial charge in [-0.3, -0.25) is 0 Å². The Morgan fingerprint density at radius 1 is 1.15 bits per heavy atom. The maximum atomic E-state index is 6.27. The molecule has 20 heavy (non-hydrogen) atoms. The van der Waals surface area contributed by atoms with Crippen LogP contribution in [0.4, 0.5) is 0 Å². The summed E-state index contributed by atoms with van der Waals surface area (Å²) in [4.78, 5) is 0. The predicted octanol–water partition coefficient (Wildman–Crippen LogP) is 4.76. The van der Waals surface area contributed by atoms with E-state index in [0.717, 1.165) is 22.6 Å². The van der Waals surface area contributed by atoms with Gasteiger partial charge < -0.3 is 9.31 Å². The zero-order valence-electron chi connectivity index (χ0n) is 12.9. The zero-order chi connectivity index (χ0) is 15.0. The summed E-state index contributed by atoms with van der Waals surface area (Å²) < 4.78 is 12.0. The smallest absolute Gasteiger partial charge is 0.400 e. The summed E-state index contributed by atoms with van der Waals surface area (Å²) in [5.74, 6) is 2.04. The summed E-state index contributed by atoms with van der Waals surface area (Å²) in [5.41, 5.74) is 1.57. The van der Waals surface area contributed by atoms with E-state index < -0.39 is 0 Å². The minimum Gasteiger partial charge on any atom is -0.400 e. The average Bonchev–Trinajstić information content (AvgIpc) is 2.55. The highest BCUT2D eigenvalue weighted by Crippen LogP contribution is 2.38. The SMILES string of the molecule is CC/C(=C\B1OC(C)(C)C(C)(C)O1)c1ccccc1Cl. The van der Waals surface area contributed by atoms with Gasteiger partial charge in [-0.05, 0) is 51.3 Å². The molecule has 1 fully saturated rings. The number of halogens is 1. The Bertz CT molecular complexity index is 507. The van der Waals surface area contributed by atoms with Gasteiger partial charge >= 0.3 is 7.12 Å². The van der Waals surface area contributed by atoms with E-state index in [2.05, 4.69) is 34.6 Å². The Morgan fingerprint density at radius 3 is 2.20 bits per heavy atom. The van der Waals surface area contributed by atoms with E-state index in [1.807, 2.05) is 30.2 Å². The van der Waals surface area contributed by atoms with Crippen molar-refractivity contribution in [2.75, 3.05) is 0 Å². The molecule has 0 saturated carbocycles. The molecule has 4 heteroatoms. The Balaban J connectivity index is 2.28. The van der Waals surface area contributed by atoms with Crippen LogP contribution in [0.1, 0.15) is 46.6 Å².